The minimum absolute atomic E-state index is 0.0673. The van der Waals surface area contributed by atoms with Gasteiger partial charge in [0.05, 0.1) is 6.10 Å². The highest BCUT2D eigenvalue weighted by atomic mass is 16.3. The molecule has 0 aliphatic carbocycles. The minimum Gasteiger partial charge on any atom is -0.387 e. The molecule has 2 aromatic rings. The van der Waals surface area contributed by atoms with Gasteiger partial charge in [0.1, 0.15) is 0 Å². The van der Waals surface area contributed by atoms with Crippen molar-refractivity contribution in [2.24, 2.45) is 0 Å². The Morgan fingerprint density at radius 2 is 1.57 bits per heavy atom. The molecule has 0 heterocycles. The molecule has 2 nitrogen and oxygen atoms in total. The molecule has 2 unspecified atom stereocenters. The number of aryl methyl sites for hydroxylation is 1. The van der Waals surface area contributed by atoms with Gasteiger partial charge in [-0.1, -0.05) is 68.4 Å². The SMILES string of the molecule is CCc1ccc(C(O)C(CC)NCc2ccccc2)cc1. The van der Waals surface area contributed by atoms with E-state index >= 15 is 0 Å². The molecule has 0 aliphatic heterocycles. The Labute approximate surface area is 127 Å². The standard InChI is InChI=1S/C19H25NO/c1-3-15-10-12-17(13-11-15)19(21)18(4-2)20-14-16-8-6-5-7-9-16/h5-13,18-21H,3-4,14H2,1-2H3. The zero-order valence-electron chi connectivity index (χ0n) is 12.9. The Kier molecular flexibility index (Phi) is 5.97. The molecule has 0 spiro atoms. The van der Waals surface area contributed by atoms with Crippen molar-refractivity contribution in [3.63, 3.8) is 0 Å². The zero-order valence-corrected chi connectivity index (χ0v) is 12.9. The molecule has 0 aliphatic rings. The predicted octanol–water partition coefficient (Wildman–Crippen LogP) is 3.85. The molecular weight excluding hydrogens is 258 g/mol. The average molecular weight is 283 g/mol. The summed E-state index contributed by atoms with van der Waals surface area (Å²) in [7, 11) is 0. The van der Waals surface area contributed by atoms with Gasteiger partial charge in [-0.2, -0.15) is 0 Å². The number of nitrogens with one attached hydrogen (secondary N) is 1. The Morgan fingerprint density at radius 3 is 2.14 bits per heavy atom. The van der Waals surface area contributed by atoms with E-state index in [1.165, 1.54) is 11.1 Å². The van der Waals surface area contributed by atoms with Crippen LogP contribution in [-0.4, -0.2) is 11.1 Å². The summed E-state index contributed by atoms with van der Waals surface area (Å²) in [5.41, 5.74) is 3.53. The molecule has 21 heavy (non-hydrogen) atoms. The van der Waals surface area contributed by atoms with Gasteiger partial charge in [0.15, 0.2) is 0 Å². The zero-order chi connectivity index (χ0) is 15.1. The molecule has 0 amide bonds. The van der Waals surface area contributed by atoms with Crippen molar-refractivity contribution in [2.75, 3.05) is 0 Å². The van der Waals surface area contributed by atoms with Crippen LogP contribution in [0.4, 0.5) is 0 Å². The number of benzene rings is 2. The lowest BCUT2D eigenvalue weighted by Gasteiger charge is -2.23. The molecule has 112 valence electrons. The highest BCUT2D eigenvalue weighted by Gasteiger charge is 2.18. The topological polar surface area (TPSA) is 32.3 Å². The lowest BCUT2D eigenvalue weighted by atomic mass is 9.98. The first-order chi connectivity index (χ1) is 10.2. The second-order valence-electron chi connectivity index (χ2n) is 5.42. The van der Waals surface area contributed by atoms with E-state index in [0.29, 0.717) is 0 Å². The van der Waals surface area contributed by atoms with E-state index in [1.807, 2.05) is 30.3 Å². The van der Waals surface area contributed by atoms with Crippen LogP contribution in [0.25, 0.3) is 0 Å². The number of hydrogen-bond acceptors (Lipinski definition) is 2. The van der Waals surface area contributed by atoms with E-state index in [1.54, 1.807) is 0 Å². The van der Waals surface area contributed by atoms with E-state index in [2.05, 4.69) is 43.4 Å². The molecule has 2 N–H and O–H groups in total. The Hall–Kier alpha value is -1.64. The van der Waals surface area contributed by atoms with E-state index in [-0.39, 0.29) is 6.04 Å². The second kappa shape index (κ2) is 7.96. The van der Waals surface area contributed by atoms with Gasteiger partial charge in [-0.15, -0.1) is 0 Å². The molecule has 2 rings (SSSR count). The molecule has 2 atom stereocenters. The van der Waals surface area contributed by atoms with Crippen molar-refractivity contribution in [3.05, 3.63) is 71.3 Å². The van der Waals surface area contributed by atoms with E-state index in [4.69, 9.17) is 0 Å². The summed E-state index contributed by atoms with van der Waals surface area (Å²) in [4.78, 5) is 0. The Bertz CT molecular complexity index is 521. The van der Waals surface area contributed by atoms with Gasteiger partial charge < -0.3 is 10.4 Å². The van der Waals surface area contributed by atoms with Crippen molar-refractivity contribution >= 4 is 0 Å². The van der Waals surface area contributed by atoms with Crippen molar-refractivity contribution in [1.29, 1.82) is 0 Å². The van der Waals surface area contributed by atoms with Gasteiger partial charge in [-0.05, 0) is 29.5 Å². The highest BCUT2D eigenvalue weighted by molar-refractivity contribution is 5.25. The van der Waals surface area contributed by atoms with Crippen LogP contribution in [0.2, 0.25) is 0 Å². The van der Waals surface area contributed by atoms with Gasteiger partial charge in [-0.25, -0.2) is 0 Å². The third kappa shape index (κ3) is 4.42. The van der Waals surface area contributed by atoms with Crippen LogP contribution >= 0.6 is 0 Å². The lowest BCUT2D eigenvalue weighted by molar-refractivity contribution is 0.125. The molecular formula is C19H25NO. The Balaban J connectivity index is 1.98. The van der Waals surface area contributed by atoms with Crippen LogP contribution in [0.5, 0.6) is 0 Å². The summed E-state index contributed by atoms with van der Waals surface area (Å²) in [6.45, 7) is 5.03. The quantitative estimate of drug-likeness (QED) is 0.809. The maximum atomic E-state index is 10.6. The van der Waals surface area contributed by atoms with Crippen LogP contribution in [0.15, 0.2) is 54.6 Å². The summed E-state index contributed by atoms with van der Waals surface area (Å²) in [5.74, 6) is 0. The fraction of sp³-hybridized carbons (Fsp3) is 0.368. The van der Waals surface area contributed by atoms with Crippen LogP contribution in [0.3, 0.4) is 0 Å². The van der Waals surface area contributed by atoms with Crippen molar-refractivity contribution in [1.82, 2.24) is 5.32 Å². The molecule has 0 saturated carbocycles. The number of rotatable bonds is 7. The fourth-order valence-corrected chi connectivity index (χ4v) is 2.51. The van der Waals surface area contributed by atoms with Crippen LogP contribution in [0, 0.1) is 0 Å². The van der Waals surface area contributed by atoms with Crippen LogP contribution < -0.4 is 5.32 Å². The van der Waals surface area contributed by atoms with E-state index in [0.717, 1.165) is 24.9 Å². The first-order valence-electron chi connectivity index (χ1n) is 7.78. The number of hydrogen-bond donors (Lipinski definition) is 2. The maximum absolute atomic E-state index is 10.6. The van der Waals surface area contributed by atoms with Crippen LogP contribution in [0.1, 0.15) is 43.1 Å². The first-order valence-corrected chi connectivity index (χ1v) is 7.78. The largest absolute Gasteiger partial charge is 0.387 e. The summed E-state index contributed by atoms with van der Waals surface area (Å²) in [6.07, 6.45) is 1.45. The fourth-order valence-electron chi connectivity index (χ4n) is 2.51. The molecule has 0 saturated heterocycles. The first kappa shape index (κ1) is 15.7. The minimum atomic E-state index is -0.468. The normalized spacial score (nSPS) is 13.9. The Morgan fingerprint density at radius 1 is 0.905 bits per heavy atom. The average Bonchev–Trinajstić information content (AvgIpc) is 2.56. The third-order valence-corrected chi connectivity index (χ3v) is 3.96. The number of aliphatic hydroxyl groups is 1. The van der Waals surface area contributed by atoms with Crippen molar-refractivity contribution in [3.8, 4) is 0 Å². The third-order valence-electron chi connectivity index (χ3n) is 3.96. The number of aliphatic hydroxyl groups excluding tert-OH is 1. The maximum Gasteiger partial charge on any atom is 0.0942 e. The van der Waals surface area contributed by atoms with Crippen molar-refractivity contribution in [2.45, 2.75) is 45.4 Å². The van der Waals surface area contributed by atoms with Gasteiger partial charge in [-0.3, -0.25) is 0 Å². The van der Waals surface area contributed by atoms with Crippen LogP contribution in [-0.2, 0) is 13.0 Å². The summed E-state index contributed by atoms with van der Waals surface area (Å²) < 4.78 is 0. The van der Waals surface area contributed by atoms with Gasteiger partial charge in [0.25, 0.3) is 0 Å². The highest BCUT2D eigenvalue weighted by Crippen LogP contribution is 2.20. The van der Waals surface area contributed by atoms with E-state index in [9.17, 15) is 5.11 Å². The van der Waals surface area contributed by atoms with Gasteiger partial charge >= 0.3 is 0 Å². The lowest BCUT2D eigenvalue weighted by Crippen LogP contribution is -2.34. The smallest absolute Gasteiger partial charge is 0.0942 e. The molecule has 0 fully saturated rings. The van der Waals surface area contributed by atoms with Crippen molar-refractivity contribution < 1.29 is 5.11 Å². The second-order valence-corrected chi connectivity index (χ2v) is 5.42. The molecule has 2 aromatic carbocycles. The summed E-state index contributed by atoms with van der Waals surface area (Å²) in [5, 5.41) is 14.0. The van der Waals surface area contributed by atoms with Gasteiger partial charge in [0.2, 0.25) is 0 Å². The summed E-state index contributed by atoms with van der Waals surface area (Å²) >= 11 is 0. The molecule has 0 radical (unpaired) electrons. The summed E-state index contributed by atoms with van der Waals surface area (Å²) in [6, 6.07) is 18.6. The van der Waals surface area contributed by atoms with E-state index < -0.39 is 6.10 Å². The van der Waals surface area contributed by atoms with Gasteiger partial charge in [0, 0.05) is 12.6 Å². The molecule has 2 heteroatoms. The monoisotopic (exact) mass is 283 g/mol. The predicted molar refractivity (Wildman–Crippen MR) is 88.1 cm³/mol. The molecule has 0 bridgehead atoms. The molecule has 0 aromatic heterocycles.